The highest BCUT2D eigenvalue weighted by Crippen LogP contribution is 2.42. The van der Waals surface area contributed by atoms with Crippen molar-refractivity contribution in [3.8, 4) is 5.75 Å². The van der Waals surface area contributed by atoms with Crippen molar-refractivity contribution in [2.45, 2.75) is 20.8 Å². The summed E-state index contributed by atoms with van der Waals surface area (Å²) in [6, 6.07) is 5.93. The zero-order valence-electron chi connectivity index (χ0n) is 14.2. The van der Waals surface area contributed by atoms with Gasteiger partial charge in [-0.15, -0.1) is 0 Å². The second kappa shape index (κ2) is 7.61. The van der Waals surface area contributed by atoms with E-state index in [4.69, 9.17) is 39.5 Å². The number of thiazole rings is 1. The number of amides is 1. The summed E-state index contributed by atoms with van der Waals surface area (Å²) in [7, 11) is 0. The Morgan fingerprint density at radius 3 is 2.42 bits per heavy atom. The molecule has 1 aromatic heterocycles. The molecule has 0 spiro atoms. The first-order chi connectivity index (χ1) is 12.3. The van der Waals surface area contributed by atoms with Crippen molar-refractivity contribution in [1.29, 1.82) is 0 Å². The Labute approximate surface area is 170 Å². The minimum Gasteiger partial charge on any atom is -0.481 e. The van der Waals surface area contributed by atoms with Gasteiger partial charge in [0.1, 0.15) is 0 Å². The summed E-state index contributed by atoms with van der Waals surface area (Å²) in [5, 5.41) is 4.33. The lowest BCUT2D eigenvalue weighted by Gasteiger charge is -2.15. The van der Waals surface area contributed by atoms with Gasteiger partial charge in [-0.1, -0.05) is 52.2 Å². The first-order valence-corrected chi connectivity index (χ1v) is 9.66. The van der Waals surface area contributed by atoms with Crippen molar-refractivity contribution in [1.82, 2.24) is 4.98 Å². The van der Waals surface area contributed by atoms with E-state index in [-0.39, 0.29) is 18.3 Å². The van der Waals surface area contributed by atoms with Gasteiger partial charge >= 0.3 is 0 Å². The van der Waals surface area contributed by atoms with E-state index in [1.807, 2.05) is 25.1 Å². The van der Waals surface area contributed by atoms with E-state index in [0.29, 0.717) is 31.3 Å². The van der Waals surface area contributed by atoms with Crippen molar-refractivity contribution >= 4 is 67.4 Å². The largest absolute Gasteiger partial charge is 0.481 e. The number of benzene rings is 2. The quantitative estimate of drug-likeness (QED) is 0.537. The van der Waals surface area contributed by atoms with Crippen LogP contribution in [-0.4, -0.2) is 17.5 Å². The number of hydrogen-bond acceptors (Lipinski definition) is 4. The molecule has 0 atom stereocenters. The van der Waals surface area contributed by atoms with Crippen LogP contribution in [0.4, 0.5) is 5.13 Å². The second-order valence-corrected chi connectivity index (χ2v) is 8.01. The van der Waals surface area contributed by atoms with Crippen LogP contribution in [0.3, 0.4) is 0 Å². The monoisotopic (exact) mass is 428 g/mol. The highest BCUT2D eigenvalue weighted by molar-refractivity contribution is 7.22. The van der Waals surface area contributed by atoms with Crippen molar-refractivity contribution in [2.75, 3.05) is 11.9 Å². The van der Waals surface area contributed by atoms with E-state index in [0.717, 1.165) is 15.8 Å². The van der Waals surface area contributed by atoms with Crippen molar-refractivity contribution in [3.05, 3.63) is 50.0 Å². The van der Waals surface area contributed by atoms with Gasteiger partial charge in [0.05, 0.1) is 20.3 Å². The highest BCUT2D eigenvalue weighted by Gasteiger charge is 2.19. The van der Waals surface area contributed by atoms with Crippen LogP contribution in [0.15, 0.2) is 18.2 Å². The molecule has 0 aliphatic heterocycles. The first kappa shape index (κ1) is 19.2. The van der Waals surface area contributed by atoms with Gasteiger partial charge in [-0.25, -0.2) is 4.98 Å². The molecule has 0 radical (unpaired) electrons. The Bertz CT molecular complexity index is 988. The molecule has 0 fully saturated rings. The van der Waals surface area contributed by atoms with E-state index in [1.165, 1.54) is 11.3 Å². The molecule has 1 heterocycles. The summed E-state index contributed by atoms with van der Waals surface area (Å²) in [4.78, 5) is 16.6. The van der Waals surface area contributed by atoms with Crippen LogP contribution in [0.2, 0.25) is 15.1 Å². The van der Waals surface area contributed by atoms with Crippen molar-refractivity contribution in [3.63, 3.8) is 0 Å². The number of aromatic nitrogens is 1. The Morgan fingerprint density at radius 2 is 1.77 bits per heavy atom. The molecule has 0 aliphatic carbocycles. The maximum Gasteiger partial charge on any atom is 0.264 e. The minimum atomic E-state index is -0.349. The fraction of sp³-hybridized carbons (Fsp3) is 0.222. The molecule has 1 amide bonds. The van der Waals surface area contributed by atoms with Crippen LogP contribution in [0.25, 0.3) is 10.2 Å². The molecule has 4 nitrogen and oxygen atoms in total. The molecule has 0 saturated carbocycles. The maximum absolute atomic E-state index is 12.2. The number of nitrogens with zero attached hydrogens (tertiary/aromatic N) is 1. The Kier molecular flexibility index (Phi) is 5.63. The van der Waals surface area contributed by atoms with E-state index in [2.05, 4.69) is 10.3 Å². The maximum atomic E-state index is 12.2. The van der Waals surface area contributed by atoms with Gasteiger partial charge < -0.3 is 4.74 Å². The van der Waals surface area contributed by atoms with Crippen molar-refractivity contribution in [2.24, 2.45) is 0 Å². The lowest BCUT2D eigenvalue weighted by atomic mass is 10.1. The number of nitrogens with one attached hydrogen (secondary N) is 1. The SMILES string of the molecule is Cc1ccc2nc(NC(=O)COc3c(Cl)c(C)c(Cl)c(C)c3Cl)sc2c1. The number of halogens is 3. The van der Waals surface area contributed by atoms with Crippen LogP contribution in [-0.2, 0) is 4.79 Å². The fourth-order valence-electron chi connectivity index (χ4n) is 2.42. The lowest BCUT2D eigenvalue weighted by Crippen LogP contribution is -2.20. The fourth-order valence-corrected chi connectivity index (χ4v) is 4.22. The second-order valence-electron chi connectivity index (χ2n) is 5.85. The summed E-state index contributed by atoms with van der Waals surface area (Å²) >= 11 is 20.1. The summed E-state index contributed by atoms with van der Waals surface area (Å²) in [6.45, 7) is 5.30. The third-order valence-electron chi connectivity index (χ3n) is 3.85. The van der Waals surface area contributed by atoms with Gasteiger partial charge in [-0.3, -0.25) is 10.1 Å². The smallest absolute Gasteiger partial charge is 0.264 e. The number of carbonyl (C=O) groups excluding carboxylic acids is 1. The molecule has 0 bridgehead atoms. The van der Waals surface area contributed by atoms with Gasteiger partial charge in [0, 0.05) is 5.02 Å². The zero-order chi connectivity index (χ0) is 19.0. The van der Waals surface area contributed by atoms with E-state index in [9.17, 15) is 4.79 Å². The van der Waals surface area contributed by atoms with Crippen LogP contribution in [0, 0.1) is 20.8 Å². The standard InChI is InChI=1S/C18H15Cl3N2O2S/c1-8-4-5-11-12(6-8)26-18(22-11)23-13(24)7-25-17-15(20)9(2)14(19)10(3)16(17)21/h4-6H,7H2,1-3H3,(H,22,23,24). The molecule has 1 N–H and O–H groups in total. The lowest BCUT2D eigenvalue weighted by molar-refractivity contribution is -0.118. The average Bonchev–Trinajstić information content (AvgIpc) is 2.99. The number of anilines is 1. The summed E-state index contributed by atoms with van der Waals surface area (Å²) in [6.07, 6.45) is 0. The third-order valence-corrected chi connectivity index (χ3v) is 6.26. The number of fused-ring (bicyclic) bond motifs is 1. The van der Waals surface area contributed by atoms with Gasteiger partial charge in [0.2, 0.25) is 0 Å². The van der Waals surface area contributed by atoms with Gasteiger partial charge in [-0.05, 0) is 49.6 Å². The van der Waals surface area contributed by atoms with Gasteiger partial charge in [0.25, 0.3) is 5.91 Å². The number of aryl methyl sites for hydroxylation is 1. The molecule has 136 valence electrons. The molecular formula is C18H15Cl3N2O2S. The summed E-state index contributed by atoms with van der Waals surface area (Å²) in [5.41, 5.74) is 3.30. The summed E-state index contributed by atoms with van der Waals surface area (Å²) in [5.74, 6) is -0.0963. The normalized spacial score (nSPS) is 11.0. The van der Waals surface area contributed by atoms with E-state index < -0.39 is 0 Å². The van der Waals surface area contributed by atoms with Crippen LogP contribution >= 0.6 is 46.1 Å². The van der Waals surface area contributed by atoms with Gasteiger partial charge in [-0.2, -0.15) is 0 Å². The van der Waals surface area contributed by atoms with E-state index in [1.54, 1.807) is 13.8 Å². The molecule has 3 aromatic rings. The molecule has 2 aromatic carbocycles. The molecule has 0 unspecified atom stereocenters. The molecule has 26 heavy (non-hydrogen) atoms. The minimum absolute atomic E-state index is 0.241. The summed E-state index contributed by atoms with van der Waals surface area (Å²) < 4.78 is 6.56. The zero-order valence-corrected chi connectivity index (χ0v) is 17.3. The van der Waals surface area contributed by atoms with Crippen molar-refractivity contribution < 1.29 is 9.53 Å². The van der Waals surface area contributed by atoms with E-state index >= 15 is 0 Å². The number of ether oxygens (including phenoxy) is 1. The number of carbonyl (C=O) groups is 1. The van der Waals surface area contributed by atoms with Gasteiger partial charge in [0.15, 0.2) is 17.5 Å². The first-order valence-electron chi connectivity index (χ1n) is 7.71. The Hall–Kier alpha value is -1.53. The Balaban J connectivity index is 1.73. The van der Waals surface area contributed by atoms with Crippen LogP contribution < -0.4 is 10.1 Å². The number of hydrogen-bond donors (Lipinski definition) is 1. The molecule has 3 rings (SSSR count). The van der Waals surface area contributed by atoms with Crippen LogP contribution in [0.5, 0.6) is 5.75 Å². The topological polar surface area (TPSA) is 51.2 Å². The van der Waals surface area contributed by atoms with Crippen LogP contribution in [0.1, 0.15) is 16.7 Å². The predicted octanol–water partition coefficient (Wildman–Crippen LogP) is 6.20. The average molecular weight is 430 g/mol. The number of rotatable bonds is 4. The molecule has 0 aliphatic rings. The predicted molar refractivity (Wildman–Crippen MR) is 109 cm³/mol. The Morgan fingerprint density at radius 1 is 1.12 bits per heavy atom. The molecular weight excluding hydrogens is 415 g/mol. The highest BCUT2D eigenvalue weighted by atomic mass is 35.5. The molecule has 0 saturated heterocycles. The molecule has 8 heteroatoms. The third kappa shape index (κ3) is 3.76.